The Morgan fingerprint density at radius 2 is 1.58 bits per heavy atom. The van der Waals surface area contributed by atoms with Crippen molar-refractivity contribution in [2.24, 2.45) is 0 Å². The molecule has 1 fully saturated rings. The van der Waals surface area contributed by atoms with Crippen LogP contribution in [-0.2, 0) is 0 Å². The zero-order chi connectivity index (χ0) is 15.6. The second-order valence-corrected chi connectivity index (χ2v) is 7.69. The lowest BCUT2D eigenvalue weighted by atomic mass is 9.99. The number of nitrogens with zero attached hydrogens (tertiary/aromatic N) is 2. The summed E-state index contributed by atoms with van der Waals surface area (Å²) in [6.45, 7) is 2.36. The van der Waals surface area contributed by atoms with E-state index in [0.717, 1.165) is 12.6 Å². The zero-order valence-electron chi connectivity index (χ0n) is 14.1. The predicted molar refractivity (Wildman–Crippen MR) is 106 cm³/mol. The minimum atomic E-state index is 0. The van der Waals surface area contributed by atoms with Crippen LogP contribution in [0.15, 0.2) is 58.3 Å². The van der Waals surface area contributed by atoms with Crippen LogP contribution in [-0.4, -0.2) is 31.1 Å². The van der Waals surface area contributed by atoms with Crippen LogP contribution in [0.4, 0.5) is 11.4 Å². The van der Waals surface area contributed by atoms with Crippen molar-refractivity contribution in [2.75, 3.05) is 25.0 Å². The molecular weight excluding hydrogens is 336 g/mol. The Bertz CT molecular complexity index is 645. The number of hydrogen-bond donors (Lipinski definition) is 0. The van der Waals surface area contributed by atoms with Gasteiger partial charge in [0.25, 0.3) is 0 Å². The molecule has 0 aliphatic carbocycles. The van der Waals surface area contributed by atoms with Crippen molar-refractivity contribution in [3.05, 3.63) is 48.5 Å². The van der Waals surface area contributed by atoms with E-state index in [-0.39, 0.29) is 12.4 Å². The minimum Gasteiger partial charge on any atom is -0.340 e. The molecule has 4 rings (SSSR count). The third-order valence-corrected chi connectivity index (χ3v) is 6.27. The summed E-state index contributed by atoms with van der Waals surface area (Å²) in [7, 11) is 2.29. The van der Waals surface area contributed by atoms with Crippen LogP contribution < -0.4 is 4.90 Å². The van der Waals surface area contributed by atoms with Crippen LogP contribution >= 0.6 is 24.2 Å². The summed E-state index contributed by atoms with van der Waals surface area (Å²) in [5, 5.41) is 0. The molecular formula is C20H25ClN2S. The van der Waals surface area contributed by atoms with E-state index in [0.29, 0.717) is 0 Å². The summed E-state index contributed by atoms with van der Waals surface area (Å²) in [5.74, 6) is 0. The monoisotopic (exact) mass is 360 g/mol. The molecule has 2 aromatic rings. The van der Waals surface area contributed by atoms with Crippen molar-refractivity contribution in [1.29, 1.82) is 0 Å². The smallest absolute Gasteiger partial charge is 0.0552 e. The summed E-state index contributed by atoms with van der Waals surface area (Å²) in [5.41, 5.74) is 2.74. The van der Waals surface area contributed by atoms with Gasteiger partial charge in [0.2, 0.25) is 0 Å². The Hall–Kier alpha value is -1.16. The number of anilines is 2. The van der Waals surface area contributed by atoms with Crippen molar-refractivity contribution in [3.63, 3.8) is 0 Å². The van der Waals surface area contributed by atoms with Crippen molar-refractivity contribution in [2.45, 2.75) is 41.5 Å². The van der Waals surface area contributed by atoms with Gasteiger partial charge in [0.1, 0.15) is 0 Å². The maximum atomic E-state index is 2.56. The Balaban J connectivity index is 0.00000169. The van der Waals surface area contributed by atoms with Gasteiger partial charge < -0.3 is 9.80 Å². The average Bonchev–Trinajstić information content (AvgIpc) is 2.60. The van der Waals surface area contributed by atoms with Crippen molar-refractivity contribution in [3.8, 4) is 0 Å². The highest BCUT2D eigenvalue weighted by atomic mass is 35.5. The Kier molecular flexibility index (Phi) is 5.75. The number of rotatable bonds is 3. The van der Waals surface area contributed by atoms with Gasteiger partial charge >= 0.3 is 0 Å². The summed E-state index contributed by atoms with van der Waals surface area (Å²) in [6.07, 6.45) is 5.34. The first-order chi connectivity index (χ1) is 11.3. The topological polar surface area (TPSA) is 6.48 Å². The summed E-state index contributed by atoms with van der Waals surface area (Å²) >= 11 is 1.90. The largest absolute Gasteiger partial charge is 0.340 e. The molecule has 0 aromatic heterocycles. The van der Waals surface area contributed by atoms with Gasteiger partial charge in [-0.2, -0.15) is 0 Å². The molecule has 0 radical (unpaired) electrons. The van der Waals surface area contributed by atoms with Gasteiger partial charge in [-0.15, -0.1) is 12.4 Å². The van der Waals surface area contributed by atoms with Crippen molar-refractivity contribution < 1.29 is 0 Å². The first-order valence-electron chi connectivity index (χ1n) is 8.66. The Morgan fingerprint density at radius 1 is 0.958 bits per heavy atom. The highest BCUT2D eigenvalue weighted by Crippen LogP contribution is 2.47. The van der Waals surface area contributed by atoms with Gasteiger partial charge in [0, 0.05) is 22.4 Å². The molecule has 2 aliphatic heterocycles. The van der Waals surface area contributed by atoms with E-state index in [4.69, 9.17) is 0 Å². The molecule has 2 nitrogen and oxygen atoms in total. The van der Waals surface area contributed by atoms with E-state index in [1.54, 1.807) is 0 Å². The highest BCUT2D eigenvalue weighted by Gasteiger charge is 2.25. The molecule has 24 heavy (non-hydrogen) atoms. The first kappa shape index (κ1) is 17.7. The lowest BCUT2D eigenvalue weighted by Gasteiger charge is -2.37. The Morgan fingerprint density at radius 3 is 2.21 bits per heavy atom. The predicted octanol–water partition coefficient (Wildman–Crippen LogP) is 5.59. The van der Waals surface area contributed by atoms with E-state index in [9.17, 15) is 0 Å². The normalized spacial score (nSPS) is 20.0. The summed E-state index contributed by atoms with van der Waals surface area (Å²) in [4.78, 5) is 7.84. The van der Waals surface area contributed by atoms with Gasteiger partial charge in [-0.3, -0.25) is 0 Å². The fourth-order valence-electron chi connectivity index (χ4n) is 3.81. The second-order valence-electron chi connectivity index (χ2n) is 6.61. The van der Waals surface area contributed by atoms with Crippen LogP contribution in [0, 0.1) is 0 Å². The summed E-state index contributed by atoms with van der Waals surface area (Å²) < 4.78 is 0. The van der Waals surface area contributed by atoms with E-state index in [2.05, 4.69) is 65.4 Å². The van der Waals surface area contributed by atoms with Gasteiger partial charge in [0.05, 0.1) is 11.4 Å². The van der Waals surface area contributed by atoms with Crippen LogP contribution in [0.1, 0.15) is 25.7 Å². The van der Waals surface area contributed by atoms with E-state index >= 15 is 0 Å². The van der Waals surface area contributed by atoms with Gasteiger partial charge in [-0.05, 0) is 57.1 Å². The third kappa shape index (κ3) is 3.44. The standard InChI is InChI=1S/C20H24N2S.ClH/c1-21-14-7-6-8-16(21)13-15-22-17-9-2-4-11-19(17)23-20-12-5-3-10-18(20)22;/h2-5,9-12,16H,6-8,13-15H2,1H3;1H. The zero-order valence-corrected chi connectivity index (χ0v) is 15.8. The highest BCUT2D eigenvalue weighted by molar-refractivity contribution is 7.99. The van der Waals surface area contributed by atoms with Crippen molar-refractivity contribution >= 4 is 35.5 Å². The quantitative estimate of drug-likeness (QED) is 0.704. The van der Waals surface area contributed by atoms with Crippen molar-refractivity contribution in [1.82, 2.24) is 4.90 Å². The number of fused-ring (bicyclic) bond motifs is 2. The lowest BCUT2D eigenvalue weighted by Crippen LogP contribution is -2.38. The van der Waals surface area contributed by atoms with Crippen LogP contribution in [0.2, 0.25) is 0 Å². The molecule has 0 spiro atoms. The lowest BCUT2D eigenvalue weighted by molar-refractivity contribution is 0.178. The second kappa shape index (κ2) is 7.81. The molecule has 2 heterocycles. The molecule has 128 valence electrons. The van der Waals surface area contributed by atoms with Gasteiger partial charge in [0.15, 0.2) is 0 Å². The minimum absolute atomic E-state index is 0. The first-order valence-corrected chi connectivity index (χ1v) is 9.48. The molecule has 0 N–H and O–H groups in total. The van der Waals surface area contributed by atoms with Crippen LogP contribution in [0.25, 0.3) is 0 Å². The van der Waals surface area contributed by atoms with Crippen LogP contribution in [0.3, 0.4) is 0 Å². The molecule has 1 unspecified atom stereocenters. The molecule has 2 aliphatic rings. The molecule has 1 atom stereocenters. The van der Waals surface area contributed by atoms with Gasteiger partial charge in [-0.1, -0.05) is 42.4 Å². The molecule has 0 bridgehead atoms. The molecule has 2 aromatic carbocycles. The number of piperidine rings is 1. The molecule has 0 amide bonds. The number of para-hydroxylation sites is 2. The fraction of sp³-hybridized carbons (Fsp3) is 0.400. The average molecular weight is 361 g/mol. The SMILES string of the molecule is CN1CCCCC1CCN1c2ccccc2Sc2ccccc21.Cl. The van der Waals surface area contributed by atoms with E-state index in [1.165, 1.54) is 53.4 Å². The fourth-order valence-corrected chi connectivity index (χ4v) is 4.90. The maximum Gasteiger partial charge on any atom is 0.0552 e. The van der Waals surface area contributed by atoms with E-state index < -0.39 is 0 Å². The molecule has 4 heteroatoms. The molecule has 0 saturated carbocycles. The van der Waals surface area contributed by atoms with Gasteiger partial charge in [-0.25, -0.2) is 0 Å². The summed E-state index contributed by atoms with van der Waals surface area (Å²) in [6, 6.07) is 18.4. The number of likely N-dealkylation sites (tertiary alicyclic amines) is 1. The van der Waals surface area contributed by atoms with Crippen LogP contribution in [0.5, 0.6) is 0 Å². The number of halogens is 1. The third-order valence-electron chi connectivity index (χ3n) is 5.14. The number of hydrogen-bond acceptors (Lipinski definition) is 3. The molecule has 1 saturated heterocycles. The van der Waals surface area contributed by atoms with E-state index in [1.807, 2.05) is 11.8 Å². The Labute approximate surface area is 155 Å². The number of benzene rings is 2. The maximum absolute atomic E-state index is 2.56.